The highest BCUT2D eigenvalue weighted by Crippen LogP contribution is 2.22. The topological polar surface area (TPSA) is 67.2 Å². The molecule has 1 amide bonds. The standard InChI is InChI=1S/C19H18FN3O2/c1-23-12-15(18(22-23)13-7-3-2-4-8-13)19(25)21-11-17(24)14-9-5-6-10-16(14)20/h2-10,12,17,24H,11H2,1H3,(H,21,25). The van der Waals surface area contributed by atoms with Gasteiger partial charge in [0.05, 0.1) is 11.7 Å². The zero-order valence-electron chi connectivity index (χ0n) is 13.7. The molecule has 2 aromatic carbocycles. The van der Waals surface area contributed by atoms with Gasteiger partial charge in [-0.05, 0) is 6.07 Å². The molecule has 0 radical (unpaired) electrons. The zero-order chi connectivity index (χ0) is 17.8. The fourth-order valence-electron chi connectivity index (χ4n) is 2.60. The van der Waals surface area contributed by atoms with Crippen LogP contribution in [0.1, 0.15) is 22.0 Å². The maximum atomic E-state index is 13.7. The predicted molar refractivity (Wildman–Crippen MR) is 92.3 cm³/mol. The molecule has 6 heteroatoms. The van der Waals surface area contributed by atoms with Crippen LogP contribution in [0, 0.1) is 5.82 Å². The maximum absolute atomic E-state index is 13.7. The summed E-state index contributed by atoms with van der Waals surface area (Å²) in [6.07, 6.45) is 0.495. The minimum atomic E-state index is -1.12. The first-order valence-corrected chi connectivity index (χ1v) is 7.86. The van der Waals surface area contributed by atoms with Gasteiger partial charge in [-0.25, -0.2) is 4.39 Å². The molecule has 3 rings (SSSR count). The monoisotopic (exact) mass is 339 g/mol. The number of amides is 1. The van der Waals surface area contributed by atoms with Crippen molar-refractivity contribution in [2.24, 2.45) is 7.05 Å². The van der Waals surface area contributed by atoms with E-state index in [4.69, 9.17) is 0 Å². The summed E-state index contributed by atoms with van der Waals surface area (Å²) in [5.74, 6) is -0.877. The Hall–Kier alpha value is -2.99. The van der Waals surface area contributed by atoms with E-state index in [2.05, 4.69) is 10.4 Å². The van der Waals surface area contributed by atoms with E-state index in [0.29, 0.717) is 11.3 Å². The summed E-state index contributed by atoms with van der Waals surface area (Å²) in [4.78, 5) is 12.5. The summed E-state index contributed by atoms with van der Waals surface area (Å²) in [5.41, 5.74) is 1.93. The Labute approximate surface area is 144 Å². The SMILES string of the molecule is Cn1cc(C(=O)NCC(O)c2ccccc2F)c(-c2ccccc2)n1. The number of aliphatic hydroxyl groups is 1. The van der Waals surface area contributed by atoms with Crippen molar-refractivity contribution in [3.05, 3.63) is 77.7 Å². The van der Waals surface area contributed by atoms with Crippen molar-refractivity contribution in [1.29, 1.82) is 0 Å². The van der Waals surface area contributed by atoms with Gasteiger partial charge >= 0.3 is 0 Å². The third-order valence-corrected chi connectivity index (χ3v) is 3.84. The van der Waals surface area contributed by atoms with Gasteiger partial charge in [0, 0.05) is 30.9 Å². The lowest BCUT2D eigenvalue weighted by molar-refractivity contribution is 0.0914. The number of aryl methyl sites for hydroxylation is 1. The third kappa shape index (κ3) is 3.75. The summed E-state index contributed by atoms with van der Waals surface area (Å²) >= 11 is 0. The van der Waals surface area contributed by atoms with Gasteiger partial charge in [-0.1, -0.05) is 48.5 Å². The van der Waals surface area contributed by atoms with Crippen LogP contribution in [0.4, 0.5) is 4.39 Å². The molecular formula is C19H18FN3O2. The molecule has 2 N–H and O–H groups in total. The second kappa shape index (κ2) is 7.27. The van der Waals surface area contributed by atoms with Gasteiger partial charge in [0.25, 0.3) is 5.91 Å². The summed E-state index contributed by atoms with van der Waals surface area (Å²) in [5, 5.41) is 17.1. The second-order valence-electron chi connectivity index (χ2n) is 5.68. The summed E-state index contributed by atoms with van der Waals surface area (Å²) in [7, 11) is 1.73. The normalized spacial score (nSPS) is 12.0. The number of hydrogen-bond donors (Lipinski definition) is 2. The van der Waals surface area contributed by atoms with Crippen LogP contribution in [0.5, 0.6) is 0 Å². The van der Waals surface area contributed by atoms with E-state index in [1.54, 1.807) is 30.1 Å². The molecule has 5 nitrogen and oxygen atoms in total. The van der Waals surface area contributed by atoms with E-state index in [0.717, 1.165) is 5.56 Å². The molecule has 0 fully saturated rings. The molecular weight excluding hydrogens is 321 g/mol. The van der Waals surface area contributed by atoms with Crippen LogP contribution in [0.15, 0.2) is 60.8 Å². The number of carbonyl (C=O) groups is 1. The second-order valence-corrected chi connectivity index (χ2v) is 5.68. The van der Waals surface area contributed by atoms with Gasteiger partial charge in [-0.15, -0.1) is 0 Å². The first kappa shape index (κ1) is 16.9. The van der Waals surface area contributed by atoms with E-state index in [1.807, 2.05) is 30.3 Å². The van der Waals surface area contributed by atoms with Gasteiger partial charge in [0.1, 0.15) is 11.5 Å². The Morgan fingerprint density at radius 2 is 1.88 bits per heavy atom. The van der Waals surface area contributed by atoms with Crippen molar-refractivity contribution in [1.82, 2.24) is 15.1 Å². The van der Waals surface area contributed by atoms with Crippen LogP contribution >= 0.6 is 0 Å². The average molecular weight is 339 g/mol. The number of nitrogens with one attached hydrogen (secondary N) is 1. The van der Waals surface area contributed by atoms with Crippen LogP contribution in [-0.2, 0) is 7.05 Å². The molecule has 0 saturated carbocycles. The van der Waals surface area contributed by atoms with E-state index in [-0.39, 0.29) is 18.0 Å². The van der Waals surface area contributed by atoms with Crippen molar-refractivity contribution in [3.8, 4) is 11.3 Å². The van der Waals surface area contributed by atoms with E-state index in [9.17, 15) is 14.3 Å². The fourth-order valence-corrected chi connectivity index (χ4v) is 2.60. The van der Waals surface area contributed by atoms with Gasteiger partial charge in [0.2, 0.25) is 0 Å². The third-order valence-electron chi connectivity index (χ3n) is 3.84. The zero-order valence-corrected chi connectivity index (χ0v) is 13.7. The van der Waals surface area contributed by atoms with Crippen LogP contribution < -0.4 is 5.32 Å². The highest BCUT2D eigenvalue weighted by atomic mass is 19.1. The smallest absolute Gasteiger partial charge is 0.255 e. The van der Waals surface area contributed by atoms with Crippen LogP contribution in [0.25, 0.3) is 11.3 Å². The van der Waals surface area contributed by atoms with Gasteiger partial charge in [0.15, 0.2) is 0 Å². The number of carbonyl (C=O) groups excluding carboxylic acids is 1. The summed E-state index contributed by atoms with van der Waals surface area (Å²) in [6.45, 7) is -0.0944. The minimum Gasteiger partial charge on any atom is -0.386 e. The highest BCUT2D eigenvalue weighted by molar-refractivity contribution is 5.99. The molecule has 0 saturated heterocycles. The van der Waals surface area contributed by atoms with Crippen molar-refractivity contribution in [3.63, 3.8) is 0 Å². The molecule has 0 aliphatic heterocycles. The highest BCUT2D eigenvalue weighted by Gasteiger charge is 2.19. The number of halogens is 1. The van der Waals surface area contributed by atoms with Crippen molar-refractivity contribution < 1.29 is 14.3 Å². The Morgan fingerprint density at radius 1 is 1.20 bits per heavy atom. The molecule has 3 aromatic rings. The maximum Gasteiger partial charge on any atom is 0.255 e. The average Bonchev–Trinajstić information content (AvgIpc) is 3.02. The number of aromatic nitrogens is 2. The number of rotatable bonds is 5. The lowest BCUT2D eigenvalue weighted by atomic mass is 10.1. The molecule has 0 spiro atoms. The quantitative estimate of drug-likeness (QED) is 0.751. The molecule has 128 valence electrons. The lowest BCUT2D eigenvalue weighted by Gasteiger charge is -2.13. The van der Waals surface area contributed by atoms with Crippen LogP contribution in [0.2, 0.25) is 0 Å². The van der Waals surface area contributed by atoms with Crippen LogP contribution in [0.3, 0.4) is 0 Å². The molecule has 1 heterocycles. The number of hydrogen-bond acceptors (Lipinski definition) is 3. The molecule has 1 aromatic heterocycles. The number of aliphatic hydroxyl groups excluding tert-OH is 1. The van der Waals surface area contributed by atoms with Gasteiger partial charge in [-0.3, -0.25) is 9.48 Å². The molecule has 0 aliphatic rings. The lowest BCUT2D eigenvalue weighted by Crippen LogP contribution is -2.28. The Balaban J connectivity index is 1.75. The predicted octanol–water partition coefficient (Wildman–Crippen LogP) is 2.69. The first-order valence-electron chi connectivity index (χ1n) is 7.86. The summed E-state index contributed by atoms with van der Waals surface area (Å²) < 4.78 is 15.3. The van der Waals surface area contributed by atoms with E-state index >= 15 is 0 Å². The Bertz CT molecular complexity index is 877. The molecule has 0 aliphatic carbocycles. The Morgan fingerprint density at radius 3 is 2.60 bits per heavy atom. The molecule has 1 unspecified atom stereocenters. The summed E-state index contributed by atoms with van der Waals surface area (Å²) in [6, 6.07) is 15.3. The minimum absolute atomic E-state index is 0.0944. The molecule has 25 heavy (non-hydrogen) atoms. The van der Waals surface area contributed by atoms with Crippen molar-refractivity contribution >= 4 is 5.91 Å². The van der Waals surface area contributed by atoms with Crippen LogP contribution in [-0.4, -0.2) is 27.3 Å². The fraction of sp³-hybridized carbons (Fsp3) is 0.158. The first-order chi connectivity index (χ1) is 12.1. The molecule has 0 bridgehead atoms. The van der Waals surface area contributed by atoms with E-state index in [1.165, 1.54) is 12.1 Å². The van der Waals surface area contributed by atoms with E-state index < -0.39 is 11.9 Å². The van der Waals surface area contributed by atoms with Gasteiger partial charge < -0.3 is 10.4 Å². The molecule has 1 atom stereocenters. The number of nitrogens with zero attached hydrogens (tertiary/aromatic N) is 2. The Kier molecular flexibility index (Phi) is 4.90. The number of benzene rings is 2. The van der Waals surface area contributed by atoms with Crippen molar-refractivity contribution in [2.45, 2.75) is 6.10 Å². The van der Waals surface area contributed by atoms with Crippen molar-refractivity contribution in [2.75, 3.05) is 6.54 Å². The largest absolute Gasteiger partial charge is 0.386 e. The van der Waals surface area contributed by atoms with Gasteiger partial charge in [-0.2, -0.15) is 5.10 Å².